The van der Waals surface area contributed by atoms with E-state index in [9.17, 15) is 13.6 Å². The molecule has 0 aromatic rings. The van der Waals surface area contributed by atoms with Gasteiger partial charge in [-0.05, 0) is 0 Å². The largest absolute Gasteiger partial charge is 2.00 e. The third kappa shape index (κ3) is 8.84. The van der Waals surface area contributed by atoms with Crippen LogP contribution in [0.25, 0.3) is 0 Å². The summed E-state index contributed by atoms with van der Waals surface area (Å²) in [5.74, 6) is -0.738. The van der Waals surface area contributed by atoms with E-state index >= 15 is 0 Å². The summed E-state index contributed by atoms with van der Waals surface area (Å²) in [6.07, 6.45) is 0.0774. The van der Waals surface area contributed by atoms with Gasteiger partial charge in [0, 0.05) is 6.42 Å². The van der Waals surface area contributed by atoms with Gasteiger partial charge in [0.15, 0.2) is 0 Å². The molecule has 0 saturated carbocycles. The molecule has 0 N–H and O–H groups in total. The maximum Gasteiger partial charge on any atom is 2.00 e. The summed E-state index contributed by atoms with van der Waals surface area (Å²) in [7, 11) is 0. The average molecular weight is 179 g/mol. The van der Waals surface area contributed by atoms with Crippen LogP contribution in [0.15, 0.2) is 0 Å². The summed E-state index contributed by atoms with van der Waals surface area (Å²) in [5, 5.41) is 0. The molecule has 6 heteroatoms. The Morgan fingerprint density at radius 1 is 1.89 bits per heavy atom. The Bertz CT molecular complexity index is 122. The number of carbonyl (C=O) groups excluding carboxylic acids is 1. The van der Waals surface area contributed by atoms with E-state index in [1.54, 1.807) is 0 Å². The fourth-order valence-corrected chi connectivity index (χ4v) is 0.404. The molecule has 0 aliphatic rings. The van der Waals surface area contributed by atoms with Gasteiger partial charge in [0.1, 0.15) is 11.4 Å². The molecule has 52 valence electrons. The molecule has 0 spiro atoms. The van der Waals surface area contributed by atoms with Gasteiger partial charge in [0.25, 0.3) is 0 Å². The third-order valence-corrected chi connectivity index (χ3v) is 0.772. The molecule has 0 rings (SSSR count). The van der Waals surface area contributed by atoms with E-state index in [0.29, 0.717) is 0 Å². The summed E-state index contributed by atoms with van der Waals surface area (Å²) in [6, 6.07) is 0. The topological polar surface area (TPSA) is 66.4 Å². The standard InChI is InChI=1S/C3H6O4S.Ca.2H/c1-2-3(4)7-8(5)6;;;/h2H2,1H3,(H,5,6);;;/q;+2;2*-1/p-1. The molecule has 0 saturated heterocycles. The molecule has 0 aliphatic heterocycles. The van der Waals surface area contributed by atoms with Gasteiger partial charge < -0.3 is 11.6 Å². The van der Waals surface area contributed by atoms with Crippen molar-refractivity contribution in [1.82, 2.24) is 0 Å². The van der Waals surface area contributed by atoms with Crippen molar-refractivity contribution in [2.24, 2.45) is 0 Å². The monoisotopic (exact) mass is 179 g/mol. The van der Waals surface area contributed by atoms with Crippen molar-refractivity contribution >= 4 is 55.1 Å². The van der Waals surface area contributed by atoms with Crippen molar-refractivity contribution < 1.29 is 20.6 Å². The molecule has 1 atom stereocenters. The summed E-state index contributed by atoms with van der Waals surface area (Å²) in [4.78, 5) is 10.0. The summed E-state index contributed by atoms with van der Waals surface area (Å²) in [6.45, 7) is 1.51. The van der Waals surface area contributed by atoms with Crippen molar-refractivity contribution in [3.05, 3.63) is 0 Å². The minimum atomic E-state index is -2.70. The quantitative estimate of drug-likeness (QED) is 0.426. The van der Waals surface area contributed by atoms with Gasteiger partial charge in [-0.15, -0.1) is 0 Å². The second kappa shape index (κ2) is 6.95. The Morgan fingerprint density at radius 3 is 2.44 bits per heavy atom. The van der Waals surface area contributed by atoms with Crippen molar-refractivity contribution in [2.75, 3.05) is 0 Å². The molecule has 0 aromatic carbocycles. The second-order valence-corrected chi connectivity index (χ2v) is 1.59. The maximum absolute atomic E-state index is 10.0. The van der Waals surface area contributed by atoms with Crippen molar-refractivity contribution in [3.63, 3.8) is 0 Å². The molecule has 1 unspecified atom stereocenters. The Kier molecular flexibility index (Phi) is 9.66. The van der Waals surface area contributed by atoms with Gasteiger partial charge in [-0.2, -0.15) is 0 Å². The molecule has 9 heavy (non-hydrogen) atoms. The third-order valence-electron chi connectivity index (χ3n) is 0.450. The van der Waals surface area contributed by atoms with Crippen LogP contribution in [0.4, 0.5) is 0 Å². The first-order valence-electron chi connectivity index (χ1n) is 1.97. The first-order valence-corrected chi connectivity index (χ1v) is 2.97. The van der Waals surface area contributed by atoms with Gasteiger partial charge in [0.05, 0.1) is 0 Å². The zero-order valence-electron chi connectivity index (χ0n) is 6.96. The Labute approximate surface area is 88.4 Å². The van der Waals surface area contributed by atoms with E-state index in [-0.39, 0.29) is 47.0 Å². The number of hydrogen-bond donors (Lipinski definition) is 0. The van der Waals surface area contributed by atoms with E-state index in [1.165, 1.54) is 6.92 Å². The summed E-state index contributed by atoms with van der Waals surface area (Å²) >= 11 is -2.70. The molecular formula is C3H7CaO4S-. The molecule has 0 heterocycles. The second-order valence-electron chi connectivity index (χ2n) is 1.01. The maximum atomic E-state index is 10.0. The van der Waals surface area contributed by atoms with Gasteiger partial charge in [-0.3, -0.25) is 4.79 Å². The summed E-state index contributed by atoms with van der Waals surface area (Å²) < 4.78 is 22.7. The molecule has 0 amide bonds. The number of hydrogen-bond acceptors (Lipinski definition) is 4. The first-order chi connectivity index (χ1) is 3.66. The van der Waals surface area contributed by atoms with Gasteiger partial charge in [-0.1, -0.05) is 6.92 Å². The Morgan fingerprint density at radius 2 is 2.33 bits per heavy atom. The molecule has 4 nitrogen and oxygen atoms in total. The zero-order valence-corrected chi connectivity index (χ0v) is 7.98. The summed E-state index contributed by atoms with van der Waals surface area (Å²) in [5.41, 5.74) is 0. The normalized spacial score (nSPS) is 11.3. The van der Waals surface area contributed by atoms with Crippen LogP contribution in [0, 0.1) is 0 Å². The predicted octanol–water partition coefficient (Wildman–Crippen LogP) is -0.422. The molecule has 0 bridgehead atoms. The van der Waals surface area contributed by atoms with E-state index in [2.05, 4.69) is 4.18 Å². The van der Waals surface area contributed by atoms with Crippen LogP contribution < -0.4 is 0 Å². The van der Waals surface area contributed by atoms with E-state index in [1.807, 2.05) is 0 Å². The number of carbonyl (C=O) groups is 1. The fraction of sp³-hybridized carbons (Fsp3) is 0.667. The van der Waals surface area contributed by atoms with Crippen molar-refractivity contribution in [2.45, 2.75) is 13.3 Å². The molecule has 0 aliphatic carbocycles. The van der Waals surface area contributed by atoms with E-state index < -0.39 is 17.3 Å². The minimum Gasteiger partial charge on any atom is -1.00 e. The predicted molar refractivity (Wildman–Crippen MR) is 33.3 cm³/mol. The van der Waals surface area contributed by atoms with Crippen molar-refractivity contribution in [1.29, 1.82) is 0 Å². The van der Waals surface area contributed by atoms with Crippen LogP contribution in [0.2, 0.25) is 0 Å². The SMILES string of the molecule is CCC(=O)OS(=O)[O-].[Ca+2].[H-].[H-]. The fourth-order valence-electron chi connectivity index (χ4n) is 0.135. The Hall–Kier alpha value is 0.840. The van der Waals surface area contributed by atoms with Crippen LogP contribution in [0.5, 0.6) is 0 Å². The van der Waals surface area contributed by atoms with Gasteiger partial charge >= 0.3 is 43.7 Å². The molecular weight excluding hydrogens is 172 g/mol. The smallest absolute Gasteiger partial charge is 1.00 e. The average Bonchev–Trinajstić information content (AvgIpc) is 1.65. The zero-order chi connectivity index (χ0) is 6.57. The van der Waals surface area contributed by atoms with Crippen LogP contribution in [-0.2, 0) is 20.3 Å². The molecule has 0 fully saturated rings. The van der Waals surface area contributed by atoms with Gasteiger partial charge in [0.2, 0.25) is 0 Å². The van der Waals surface area contributed by atoms with Crippen molar-refractivity contribution in [3.8, 4) is 0 Å². The minimum absolute atomic E-state index is 0. The van der Waals surface area contributed by atoms with Gasteiger partial charge in [-0.25, -0.2) is 4.21 Å². The van der Waals surface area contributed by atoms with E-state index in [0.717, 1.165) is 0 Å². The molecule has 0 aromatic heterocycles. The number of rotatable bonds is 2. The van der Waals surface area contributed by atoms with Crippen LogP contribution >= 0.6 is 0 Å². The molecule has 0 radical (unpaired) electrons. The van der Waals surface area contributed by atoms with Crippen LogP contribution in [-0.4, -0.2) is 52.5 Å². The first kappa shape index (κ1) is 12.5. The Balaban J connectivity index is -0.0000000817. The van der Waals surface area contributed by atoms with E-state index in [4.69, 9.17) is 0 Å². The van der Waals surface area contributed by atoms with Crippen LogP contribution in [0.1, 0.15) is 16.2 Å². The van der Waals surface area contributed by atoms with Crippen LogP contribution in [0.3, 0.4) is 0 Å².